The molecule has 0 saturated carbocycles. The summed E-state index contributed by atoms with van der Waals surface area (Å²) in [7, 11) is 0. The first kappa shape index (κ1) is 17.7. The number of thiazole rings is 1. The fourth-order valence-electron chi connectivity index (χ4n) is 2.07. The molecule has 0 aliphatic carbocycles. The number of benzene rings is 2. The maximum Gasteiger partial charge on any atom is 0.331 e. The molecular weight excluding hydrogens is 362 g/mol. The highest BCUT2D eigenvalue weighted by Gasteiger charge is 2.10. The summed E-state index contributed by atoms with van der Waals surface area (Å²) in [5.74, 6) is -3.02. The van der Waals surface area contributed by atoms with Gasteiger partial charge in [0.25, 0.3) is 5.91 Å². The second kappa shape index (κ2) is 7.83. The number of hydrogen-bond donors (Lipinski definition) is 1. The molecule has 2 aromatic carbocycles. The van der Waals surface area contributed by atoms with Crippen molar-refractivity contribution in [1.82, 2.24) is 4.98 Å². The van der Waals surface area contributed by atoms with E-state index in [4.69, 9.17) is 4.74 Å². The molecule has 0 aliphatic heterocycles. The van der Waals surface area contributed by atoms with E-state index in [2.05, 4.69) is 10.3 Å². The number of ether oxygens (including phenoxy) is 1. The van der Waals surface area contributed by atoms with E-state index in [0.29, 0.717) is 5.01 Å². The zero-order valence-electron chi connectivity index (χ0n) is 13.2. The second-order valence-corrected chi connectivity index (χ2v) is 6.20. The van der Waals surface area contributed by atoms with Crippen LogP contribution in [0.2, 0.25) is 0 Å². The van der Waals surface area contributed by atoms with Gasteiger partial charge in [0, 0.05) is 12.1 Å². The van der Waals surface area contributed by atoms with Crippen molar-refractivity contribution in [3.63, 3.8) is 0 Å². The van der Waals surface area contributed by atoms with Crippen LogP contribution in [0.3, 0.4) is 0 Å². The van der Waals surface area contributed by atoms with Crippen LogP contribution in [0.4, 0.5) is 14.5 Å². The number of nitrogens with zero attached hydrogens (tertiary/aromatic N) is 1. The maximum absolute atomic E-state index is 13.4. The lowest BCUT2D eigenvalue weighted by atomic mass is 10.3. The minimum Gasteiger partial charge on any atom is -0.452 e. The summed E-state index contributed by atoms with van der Waals surface area (Å²) >= 11 is 1.41. The fourth-order valence-corrected chi connectivity index (χ4v) is 2.94. The number of carbonyl (C=O) groups is 2. The van der Waals surface area contributed by atoms with E-state index in [1.165, 1.54) is 17.4 Å². The Morgan fingerprint density at radius 2 is 2.00 bits per heavy atom. The molecule has 5 nitrogen and oxygen atoms in total. The average molecular weight is 374 g/mol. The molecule has 1 aromatic heterocycles. The van der Waals surface area contributed by atoms with E-state index in [-0.39, 0.29) is 5.69 Å². The van der Waals surface area contributed by atoms with E-state index in [0.717, 1.165) is 34.5 Å². The largest absolute Gasteiger partial charge is 0.452 e. The minimum atomic E-state index is -0.790. The SMILES string of the molecule is O=C(COC(=O)/C=C/c1nc2ccccc2s1)Nc1cc(F)ccc1F. The molecule has 0 saturated heterocycles. The Balaban J connectivity index is 1.53. The van der Waals surface area contributed by atoms with Crippen molar-refractivity contribution < 1.29 is 23.1 Å². The van der Waals surface area contributed by atoms with Crippen LogP contribution in [0.15, 0.2) is 48.5 Å². The van der Waals surface area contributed by atoms with Crippen molar-refractivity contribution in [3.8, 4) is 0 Å². The summed E-state index contributed by atoms with van der Waals surface area (Å²) in [5, 5.41) is 2.75. The van der Waals surface area contributed by atoms with Gasteiger partial charge in [0.2, 0.25) is 0 Å². The van der Waals surface area contributed by atoms with E-state index in [1.54, 1.807) is 0 Å². The number of carbonyl (C=O) groups excluding carboxylic acids is 2. The lowest BCUT2D eigenvalue weighted by Crippen LogP contribution is -2.20. The van der Waals surface area contributed by atoms with Gasteiger partial charge in [-0.1, -0.05) is 12.1 Å². The molecule has 0 radical (unpaired) electrons. The number of fused-ring (bicyclic) bond motifs is 1. The molecule has 1 amide bonds. The van der Waals surface area contributed by atoms with Crippen molar-refractivity contribution in [2.24, 2.45) is 0 Å². The summed E-state index contributed by atoms with van der Waals surface area (Å²) in [4.78, 5) is 27.6. The molecular formula is C18H12F2N2O3S. The Labute approximate surface area is 150 Å². The standard InChI is InChI=1S/C18H12F2N2O3S/c19-11-5-6-12(20)14(9-11)21-16(23)10-25-18(24)8-7-17-22-13-3-1-2-4-15(13)26-17/h1-9H,10H2,(H,21,23)/b8-7+. The number of halogens is 2. The van der Waals surface area contributed by atoms with Gasteiger partial charge in [-0.15, -0.1) is 11.3 Å². The summed E-state index contributed by atoms with van der Waals surface area (Å²) in [6.07, 6.45) is 2.63. The third-order valence-corrected chi connectivity index (χ3v) is 4.22. The second-order valence-electron chi connectivity index (χ2n) is 5.13. The number of hydrogen-bond acceptors (Lipinski definition) is 5. The van der Waals surface area contributed by atoms with Crippen molar-refractivity contribution in [3.05, 3.63) is 65.2 Å². The molecule has 0 spiro atoms. The molecule has 26 heavy (non-hydrogen) atoms. The van der Waals surface area contributed by atoms with Gasteiger partial charge in [-0.25, -0.2) is 18.6 Å². The predicted molar refractivity (Wildman–Crippen MR) is 94.6 cm³/mol. The van der Waals surface area contributed by atoms with Crippen LogP contribution in [0.1, 0.15) is 5.01 Å². The summed E-state index contributed by atoms with van der Waals surface area (Å²) in [6, 6.07) is 10.2. The number of aromatic nitrogens is 1. The van der Waals surface area contributed by atoms with E-state index in [1.807, 2.05) is 24.3 Å². The van der Waals surface area contributed by atoms with Crippen LogP contribution < -0.4 is 5.32 Å². The third kappa shape index (κ3) is 4.48. The third-order valence-electron chi connectivity index (χ3n) is 3.22. The summed E-state index contributed by atoms with van der Waals surface area (Å²) in [6.45, 7) is -0.626. The Morgan fingerprint density at radius 1 is 1.19 bits per heavy atom. The first-order valence-electron chi connectivity index (χ1n) is 7.46. The Hall–Kier alpha value is -3.13. The van der Waals surface area contributed by atoms with Gasteiger partial charge in [0.05, 0.1) is 15.9 Å². The maximum atomic E-state index is 13.4. The van der Waals surface area contributed by atoms with Crippen molar-refractivity contribution >= 4 is 45.2 Å². The number of para-hydroxylation sites is 1. The molecule has 0 aliphatic rings. The highest BCUT2D eigenvalue weighted by Crippen LogP contribution is 2.22. The highest BCUT2D eigenvalue weighted by molar-refractivity contribution is 7.19. The Morgan fingerprint density at radius 3 is 2.81 bits per heavy atom. The highest BCUT2D eigenvalue weighted by atomic mass is 32.1. The zero-order chi connectivity index (χ0) is 18.5. The number of anilines is 1. The Bertz CT molecular complexity index is 968. The normalized spacial score (nSPS) is 11.0. The predicted octanol–water partition coefficient (Wildman–Crippen LogP) is 3.77. The average Bonchev–Trinajstić information content (AvgIpc) is 3.04. The van der Waals surface area contributed by atoms with Crippen molar-refractivity contribution in [2.45, 2.75) is 0 Å². The molecule has 3 aromatic rings. The number of nitrogens with one attached hydrogen (secondary N) is 1. The van der Waals surface area contributed by atoms with E-state index >= 15 is 0 Å². The number of rotatable bonds is 5. The van der Waals surface area contributed by atoms with Crippen LogP contribution in [-0.2, 0) is 14.3 Å². The van der Waals surface area contributed by atoms with Gasteiger partial charge in [-0.3, -0.25) is 4.79 Å². The van der Waals surface area contributed by atoms with Crippen molar-refractivity contribution in [1.29, 1.82) is 0 Å². The van der Waals surface area contributed by atoms with Gasteiger partial charge >= 0.3 is 5.97 Å². The molecule has 132 valence electrons. The quantitative estimate of drug-likeness (QED) is 0.545. The van der Waals surface area contributed by atoms with Gasteiger partial charge in [-0.05, 0) is 30.3 Å². The molecule has 0 unspecified atom stereocenters. The minimum absolute atomic E-state index is 0.323. The van der Waals surface area contributed by atoms with E-state index < -0.39 is 30.1 Å². The Kier molecular flexibility index (Phi) is 5.33. The molecule has 1 N–H and O–H groups in total. The topological polar surface area (TPSA) is 68.3 Å². The van der Waals surface area contributed by atoms with Gasteiger partial charge in [0.15, 0.2) is 6.61 Å². The molecule has 3 rings (SSSR count). The number of amides is 1. The lowest BCUT2D eigenvalue weighted by Gasteiger charge is -2.06. The summed E-state index contributed by atoms with van der Waals surface area (Å²) in [5.41, 5.74) is 0.498. The first-order valence-corrected chi connectivity index (χ1v) is 8.28. The molecule has 0 fully saturated rings. The summed E-state index contributed by atoms with van der Waals surface area (Å²) < 4.78 is 32.2. The monoisotopic (exact) mass is 374 g/mol. The van der Waals surface area contributed by atoms with Crippen molar-refractivity contribution in [2.75, 3.05) is 11.9 Å². The van der Waals surface area contributed by atoms with Crippen LogP contribution in [0.25, 0.3) is 16.3 Å². The first-order chi connectivity index (χ1) is 12.5. The molecule has 1 heterocycles. The van der Waals surface area contributed by atoms with Crippen LogP contribution in [0.5, 0.6) is 0 Å². The van der Waals surface area contributed by atoms with E-state index in [9.17, 15) is 18.4 Å². The van der Waals surface area contributed by atoms with Gasteiger partial charge in [-0.2, -0.15) is 0 Å². The fraction of sp³-hybridized carbons (Fsp3) is 0.0556. The van der Waals surface area contributed by atoms with Gasteiger partial charge < -0.3 is 10.1 Å². The number of esters is 1. The smallest absolute Gasteiger partial charge is 0.331 e. The molecule has 0 bridgehead atoms. The molecule has 0 atom stereocenters. The van der Waals surface area contributed by atoms with Gasteiger partial charge in [0.1, 0.15) is 16.6 Å². The van der Waals surface area contributed by atoms with Crippen LogP contribution >= 0.6 is 11.3 Å². The van der Waals surface area contributed by atoms with Crippen LogP contribution in [-0.4, -0.2) is 23.5 Å². The lowest BCUT2D eigenvalue weighted by molar-refractivity contribution is -0.142. The molecule has 8 heteroatoms. The van der Waals surface area contributed by atoms with Crippen LogP contribution in [0, 0.1) is 11.6 Å². The zero-order valence-corrected chi connectivity index (χ0v) is 14.1.